The van der Waals surface area contributed by atoms with Crippen molar-refractivity contribution in [1.29, 1.82) is 0 Å². The number of hydrogen-bond donors (Lipinski definition) is 1. The Hall–Kier alpha value is -2.97. The highest BCUT2D eigenvalue weighted by molar-refractivity contribution is 7.89. The fourth-order valence-electron chi connectivity index (χ4n) is 2.44. The molecule has 138 valence electrons. The number of carbonyl (C=O) groups is 1. The lowest BCUT2D eigenvalue weighted by Crippen LogP contribution is -2.30. The molecule has 3 aromatic rings. The van der Waals surface area contributed by atoms with Crippen molar-refractivity contribution >= 4 is 15.8 Å². The second-order valence-corrected chi connectivity index (χ2v) is 7.36. The minimum atomic E-state index is -4.22. The number of nitrogens with one attached hydrogen (secondary N) is 1. The van der Waals surface area contributed by atoms with Crippen LogP contribution in [-0.4, -0.2) is 25.7 Å². The normalized spacial score (nSPS) is 11.3. The first-order chi connectivity index (χ1) is 12.9. The molecule has 5 nitrogen and oxygen atoms in total. The topological polar surface area (TPSA) is 76.1 Å². The highest BCUT2D eigenvalue weighted by atomic mass is 32.2. The van der Waals surface area contributed by atoms with Gasteiger partial charge in [-0.25, -0.2) is 21.9 Å². The first-order valence-electron chi connectivity index (χ1n) is 7.86. The second-order valence-electron chi connectivity index (χ2n) is 5.62. The fraction of sp³-hybridized carbons (Fsp3) is 0.0526. The summed E-state index contributed by atoms with van der Waals surface area (Å²) in [5.41, 5.74) is 0.834. The first kappa shape index (κ1) is 18.8. The van der Waals surface area contributed by atoms with Gasteiger partial charge in [0.25, 0.3) is 0 Å². The Balaban J connectivity index is 1.81. The van der Waals surface area contributed by atoms with E-state index in [0.29, 0.717) is 11.3 Å². The second kappa shape index (κ2) is 7.73. The third-order valence-electron chi connectivity index (χ3n) is 3.73. The molecule has 0 spiro atoms. The van der Waals surface area contributed by atoms with Crippen molar-refractivity contribution in [2.45, 2.75) is 4.90 Å². The molecule has 27 heavy (non-hydrogen) atoms. The van der Waals surface area contributed by atoms with Crippen LogP contribution in [0.15, 0.2) is 71.8 Å². The summed E-state index contributed by atoms with van der Waals surface area (Å²) in [7, 11) is -4.22. The van der Waals surface area contributed by atoms with Crippen molar-refractivity contribution in [2.75, 3.05) is 6.54 Å². The van der Waals surface area contributed by atoms with Gasteiger partial charge in [-0.2, -0.15) is 0 Å². The molecular formula is C19H14F2N2O3S. The Morgan fingerprint density at radius 3 is 2.44 bits per heavy atom. The molecule has 0 unspecified atom stereocenters. The molecule has 0 aliphatic rings. The number of pyridine rings is 1. The summed E-state index contributed by atoms with van der Waals surface area (Å²) < 4.78 is 53.9. The van der Waals surface area contributed by atoms with Gasteiger partial charge in [0.1, 0.15) is 16.5 Å². The number of nitrogens with zero attached hydrogens (tertiary/aromatic N) is 1. The van der Waals surface area contributed by atoms with Crippen LogP contribution in [0.2, 0.25) is 0 Å². The van der Waals surface area contributed by atoms with Gasteiger partial charge < -0.3 is 0 Å². The summed E-state index contributed by atoms with van der Waals surface area (Å²) >= 11 is 0. The van der Waals surface area contributed by atoms with Crippen molar-refractivity contribution < 1.29 is 22.0 Å². The molecule has 0 aliphatic heterocycles. The summed E-state index contributed by atoms with van der Waals surface area (Å²) in [4.78, 5) is 15.9. The molecule has 0 radical (unpaired) electrons. The highest BCUT2D eigenvalue weighted by Gasteiger charge is 2.20. The van der Waals surface area contributed by atoms with E-state index in [0.717, 1.165) is 18.2 Å². The molecule has 0 bridgehead atoms. The molecule has 0 aliphatic carbocycles. The predicted octanol–water partition coefficient (Wildman–Crippen LogP) is 3.19. The highest BCUT2D eigenvalue weighted by Crippen LogP contribution is 2.20. The Kier molecular flexibility index (Phi) is 5.38. The third-order valence-corrected chi connectivity index (χ3v) is 5.16. The largest absolute Gasteiger partial charge is 0.293 e. The molecule has 0 fully saturated rings. The number of carbonyl (C=O) groups excluding carboxylic acids is 1. The van der Waals surface area contributed by atoms with Crippen LogP contribution in [0.3, 0.4) is 0 Å². The number of hydrogen-bond acceptors (Lipinski definition) is 4. The first-order valence-corrected chi connectivity index (χ1v) is 9.34. The summed E-state index contributed by atoms with van der Waals surface area (Å²) in [6.07, 6.45) is 1.53. The van der Waals surface area contributed by atoms with E-state index in [1.54, 1.807) is 18.2 Å². The van der Waals surface area contributed by atoms with Crippen LogP contribution in [0.5, 0.6) is 0 Å². The van der Waals surface area contributed by atoms with Crippen LogP contribution >= 0.6 is 0 Å². The summed E-state index contributed by atoms with van der Waals surface area (Å²) in [6, 6.07) is 13.5. The van der Waals surface area contributed by atoms with E-state index in [9.17, 15) is 22.0 Å². The Labute approximate surface area is 154 Å². The van der Waals surface area contributed by atoms with Gasteiger partial charge in [0, 0.05) is 17.3 Å². The van der Waals surface area contributed by atoms with Crippen molar-refractivity contribution in [3.8, 4) is 11.3 Å². The molecular weight excluding hydrogens is 374 g/mol. The van der Waals surface area contributed by atoms with Crippen molar-refractivity contribution in [2.24, 2.45) is 0 Å². The van der Waals surface area contributed by atoms with Crippen LogP contribution in [0.4, 0.5) is 8.78 Å². The van der Waals surface area contributed by atoms with E-state index in [1.807, 2.05) is 4.72 Å². The standard InChI is InChI=1S/C19H14F2N2O3S/c20-15-10-13(17-6-3-4-8-22-17)9-14(11-15)18(24)12-23-27(25,26)19-7-2-1-5-16(19)21/h1-11,23H,12H2. The van der Waals surface area contributed by atoms with Gasteiger partial charge in [-0.1, -0.05) is 18.2 Å². The summed E-state index contributed by atoms with van der Waals surface area (Å²) in [5, 5.41) is 0. The molecule has 2 aromatic carbocycles. The maximum Gasteiger partial charge on any atom is 0.243 e. The zero-order valence-corrected chi connectivity index (χ0v) is 14.7. The maximum atomic E-state index is 13.9. The van der Waals surface area contributed by atoms with Gasteiger partial charge in [0.15, 0.2) is 5.78 Å². The number of benzene rings is 2. The van der Waals surface area contributed by atoms with Crippen LogP contribution in [0, 0.1) is 11.6 Å². The van der Waals surface area contributed by atoms with E-state index >= 15 is 0 Å². The summed E-state index contributed by atoms with van der Waals surface area (Å²) in [5.74, 6) is -2.24. The van der Waals surface area contributed by atoms with E-state index in [4.69, 9.17) is 0 Å². The lowest BCUT2D eigenvalue weighted by Gasteiger charge is -2.08. The Morgan fingerprint density at radius 2 is 1.74 bits per heavy atom. The molecule has 0 saturated heterocycles. The van der Waals surface area contributed by atoms with E-state index in [2.05, 4.69) is 4.98 Å². The van der Waals surface area contributed by atoms with Gasteiger partial charge in [0.05, 0.1) is 12.2 Å². The predicted molar refractivity (Wildman–Crippen MR) is 95.5 cm³/mol. The fourth-order valence-corrected chi connectivity index (χ4v) is 3.49. The molecule has 3 rings (SSSR count). The Bertz CT molecular complexity index is 1090. The van der Waals surface area contributed by atoms with E-state index < -0.39 is 38.9 Å². The van der Waals surface area contributed by atoms with Gasteiger partial charge in [-0.05, 0) is 42.5 Å². The van der Waals surface area contributed by atoms with Crippen molar-refractivity contribution in [3.05, 3.63) is 84.1 Å². The zero-order chi connectivity index (χ0) is 19.4. The molecule has 1 heterocycles. The van der Waals surface area contributed by atoms with Crippen LogP contribution in [0.25, 0.3) is 11.3 Å². The smallest absolute Gasteiger partial charge is 0.243 e. The van der Waals surface area contributed by atoms with E-state index in [-0.39, 0.29) is 5.56 Å². The van der Waals surface area contributed by atoms with Gasteiger partial charge in [0.2, 0.25) is 10.0 Å². The number of rotatable bonds is 6. The minimum absolute atomic E-state index is 0.0214. The molecule has 1 N–H and O–H groups in total. The third kappa shape index (κ3) is 4.42. The molecule has 0 saturated carbocycles. The number of Topliss-reactive ketones (excluding diaryl/α,β-unsaturated/α-hetero) is 1. The van der Waals surface area contributed by atoms with Crippen molar-refractivity contribution in [1.82, 2.24) is 9.71 Å². The van der Waals surface area contributed by atoms with Crippen molar-refractivity contribution in [3.63, 3.8) is 0 Å². The zero-order valence-electron chi connectivity index (χ0n) is 13.9. The maximum absolute atomic E-state index is 13.9. The summed E-state index contributed by atoms with van der Waals surface area (Å²) in [6.45, 7) is -0.637. The SMILES string of the molecule is O=C(CNS(=O)(=O)c1ccccc1F)c1cc(F)cc(-c2ccccn2)c1. The molecule has 0 atom stereocenters. The average Bonchev–Trinajstić information content (AvgIpc) is 2.66. The van der Waals surface area contributed by atoms with Gasteiger partial charge >= 0.3 is 0 Å². The number of aromatic nitrogens is 1. The van der Waals surface area contributed by atoms with Crippen LogP contribution < -0.4 is 4.72 Å². The number of ketones is 1. The number of sulfonamides is 1. The lowest BCUT2D eigenvalue weighted by molar-refractivity contribution is 0.0996. The van der Waals surface area contributed by atoms with Crippen LogP contribution in [-0.2, 0) is 10.0 Å². The average molecular weight is 388 g/mol. The molecule has 8 heteroatoms. The minimum Gasteiger partial charge on any atom is -0.293 e. The Morgan fingerprint density at radius 1 is 1.00 bits per heavy atom. The quantitative estimate of drug-likeness (QED) is 0.658. The lowest BCUT2D eigenvalue weighted by atomic mass is 10.0. The number of halogens is 2. The van der Waals surface area contributed by atoms with Gasteiger partial charge in [-0.15, -0.1) is 0 Å². The van der Waals surface area contributed by atoms with E-state index in [1.165, 1.54) is 30.5 Å². The monoisotopic (exact) mass is 388 g/mol. The molecule has 1 aromatic heterocycles. The molecule has 0 amide bonds. The van der Waals surface area contributed by atoms with Gasteiger partial charge in [-0.3, -0.25) is 9.78 Å². The van der Waals surface area contributed by atoms with Crippen LogP contribution in [0.1, 0.15) is 10.4 Å².